The van der Waals surface area contributed by atoms with E-state index in [1.165, 1.54) is 10.5 Å². The molecule has 2 heterocycles. The van der Waals surface area contributed by atoms with E-state index in [-0.39, 0.29) is 5.56 Å². The third-order valence-corrected chi connectivity index (χ3v) is 1.99. The molecule has 0 saturated heterocycles. The molecule has 2 rings (SSSR count). The molecule has 0 fully saturated rings. The largest absolute Gasteiger partial charge is 0.477 e. The van der Waals surface area contributed by atoms with Gasteiger partial charge in [0, 0.05) is 11.7 Å². The van der Waals surface area contributed by atoms with Crippen molar-refractivity contribution in [1.29, 1.82) is 0 Å². The molecule has 0 aliphatic carbocycles. The van der Waals surface area contributed by atoms with Crippen molar-refractivity contribution in [1.82, 2.24) is 4.40 Å². The smallest absolute Gasteiger partial charge is 0.341 e. The predicted octanol–water partition coefficient (Wildman–Crippen LogP) is 0.998. The molecule has 4 nitrogen and oxygen atoms in total. The van der Waals surface area contributed by atoms with Crippen molar-refractivity contribution in [3.63, 3.8) is 0 Å². The fourth-order valence-corrected chi connectivity index (χ4v) is 1.31. The fraction of sp³-hybridized carbons (Fsp3) is 0. The Balaban J connectivity index is 2.89. The van der Waals surface area contributed by atoms with E-state index >= 15 is 0 Å². The van der Waals surface area contributed by atoms with E-state index in [4.69, 9.17) is 5.11 Å². The zero-order valence-corrected chi connectivity index (χ0v) is 7.18. The second-order valence-corrected chi connectivity index (χ2v) is 2.85. The zero-order valence-electron chi connectivity index (χ0n) is 7.18. The van der Waals surface area contributed by atoms with Crippen LogP contribution in [0.2, 0.25) is 0 Å². The quantitative estimate of drug-likeness (QED) is 0.727. The van der Waals surface area contributed by atoms with Gasteiger partial charge in [0.1, 0.15) is 5.56 Å². The number of carboxylic acids is 1. The summed E-state index contributed by atoms with van der Waals surface area (Å²) >= 11 is 0. The van der Waals surface area contributed by atoms with Crippen LogP contribution in [0.15, 0.2) is 41.3 Å². The molecule has 0 unspecified atom stereocenters. The van der Waals surface area contributed by atoms with Gasteiger partial charge in [-0.25, -0.2) is 4.79 Å². The van der Waals surface area contributed by atoms with Gasteiger partial charge in [-0.1, -0.05) is 6.07 Å². The van der Waals surface area contributed by atoms with Crippen LogP contribution in [-0.2, 0) is 0 Å². The average molecular weight is 189 g/mol. The zero-order chi connectivity index (χ0) is 10.1. The number of hydrogen-bond donors (Lipinski definition) is 1. The van der Waals surface area contributed by atoms with Gasteiger partial charge in [-0.2, -0.15) is 0 Å². The monoisotopic (exact) mass is 189 g/mol. The Hall–Kier alpha value is -2.10. The number of rotatable bonds is 1. The molecule has 2 aromatic rings. The summed E-state index contributed by atoms with van der Waals surface area (Å²) in [6, 6.07) is 8.13. The Labute approximate surface area is 79.0 Å². The number of carbonyl (C=O) groups is 1. The Bertz CT molecular complexity index is 557. The predicted molar refractivity (Wildman–Crippen MR) is 50.6 cm³/mol. The van der Waals surface area contributed by atoms with E-state index in [0.29, 0.717) is 5.52 Å². The lowest BCUT2D eigenvalue weighted by molar-refractivity contribution is 0.0695. The first-order valence-corrected chi connectivity index (χ1v) is 4.04. The van der Waals surface area contributed by atoms with Crippen LogP contribution < -0.4 is 5.56 Å². The first kappa shape index (κ1) is 8.50. The maximum absolute atomic E-state index is 11.6. The molecule has 0 amide bonds. The molecule has 2 aromatic heterocycles. The maximum atomic E-state index is 11.6. The normalized spacial score (nSPS) is 10.3. The van der Waals surface area contributed by atoms with E-state index in [0.717, 1.165) is 0 Å². The Morgan fingerprint density at radius 1 is 1.21 bits per heavy atom. The van der Waals surface area contributed by atoms with E-state index in [1.807, 2.05) is 0 Å². The summed E-state index contributed by atoms with van der Waals surface area (Å²) in [5.41, 5.74) is -0.0354. The lowest BCUT2D eigenvalue weighted by atomic mass is 10.2. The second-order valence-electron chi connectivity index (χ2n) is 2.85. The molecule has 0 aliphatic heterocycles. The van der Waals surface area contributed by atoms with Crippen molar-refractivity contribution in [3.05, 3.63) is 52.4 Å². The van der Waals surface area contributed by atoms with E-state index in [2.05, 4.69) is 0 Å². The first-order valence-electron chi connectivity index (χ1n) is 4.04. The third-order valence-electron chi connectivity index (χ3n) is 1.99. The van der Waals surface area contributed by atoms with Crippen molar-refractivity contribution in [2.24, 2.45) is 0 Å². The number of pyridine rings is 2. The number of carboxylic acid groups (broad SMARTS) is 1. The molecule has 14 heavy (non-hydrogen) atoms. The van der Waals surface area contributed by atoms with E-state index in [1.54, 1.807) is 30.5 Å². The Kier molecular flexibility index (Phi) is 1.81. The fourth-order valence-electron chi connectivity index (χ4n) is 1.31. The van der Waals surface area contributed by atoms with Crippen molar-refractivity contribution >= 4 is 11.5 Å². The highest BCUT2D eigenvalue weighted by atomic mass is 16.4. The molecule has 4 heteroatoms. The molecular weight excluding hydrogens is 182 g/mol. The molecular formula is C10H7NO3. The minimum absolute atomic E-state index is 0.214. The molecule has 0 aliphatic rings. The summed E-state index contributed by atoms with van der Waals surface area (Å²) in [4.78, 5) is 22.2. The highest BCUT2D eigenvalue weighted by molar-refractivity contribution is 5.87. The topological polar surface area (TPSA) is 58.8 Å². The summed E-state index contributed by atoms with van der Waals surface area (Å²) in [6.45, 7) is 0. The van der Waals surface area contributed by atoms with Crippen LogP contribution in [-0.4, -0.2) is 15.5 Å². The number of aromatic nitrogens is 1. The van der Waals surface area contributed by atoms with Crippen molar-refractivity contribution in [2.75, 3.05) is 0 Å². The van der Waals surface area contributed by atoms with Crippen LogP contribution in [0.4, 0.5) is 0 Å². The van der Waals surface area contributed by atoms with Crippen LogP contribution in [0.5, 0.6) is 0 Å². The first-order chi connectivity index (χ1) is 6.70. The minimum Gasteiger partial charge on any atom is -0.477 e. The average Bonchev–Trinajstić information content (AvgIpc) is 2.18. The van der Waals surface area contributed by atoms with Gasteiger partial charge in [-0.3, -0.25) is 9.20 Å². The molecule has 0 saturated carbocycles. The van der Waals surface area contributed by atoms with Gasteiger partial charge in [0.15, 0.2) is 0 Å². The van der Waals surface area contributed by atoms with Gasteiger partial charge in [0.2, 0.25) is 0 Å². The van der Waals surface area contributed by atoms with Gasteiger partial charge in [-0.15, -0.1) is 0 Å². The van der Waals surface area contributed by atoms with Crippen molar-refractivity contribution < 1.29 is 9.90 Å². The molecule has 0 aromatic carbocycles. The van der Waals surface area contributed by atoms with Gasteiger partial charge in [-0.05, 0) is 24.3 Å². The lowest BCUT2D eigenvalue weighted by Crippen LogP contribution is -2.21. The van der Waals surface area contributed by atoms with Crippen LogP contribution in [0.25, 0.3) is 5.52 Å². The third kappa shape index (κ3) is 1.17. The maximum Gasteiger partial charge on any atom is 0.341 e. The van der Waals surface area contributed by atoms with Gasteiger partial charge >= 0.3 is 5.97 Å². The van der Waals surface area contributed by atoms with Crippen LogP contribution in [0, 0.1) is 0 Å². The highest BCUT2D eigenvalue weighted by Gasteiger charge is 2.09. The van der Waals surface area contributed by atoms with Crippen LogP contribution in [0.3, 0.4) is 0 Å². The number of hydrogen-bond acceptors (Lipinski definition) is 2. The summed E-state index contributed by atoms with van der Waals surface area (Å²) < 4.78 is 1.31. The standard InChI is InChI=1S/C10H7NO3/c12-9-8(10(13)14)5-4-7-3-1-2-6-11(7)9/h1-6H,(H,13,14). The molecule has 0 bridgehead atoms. The summed E-state index contributed by atoms with van der Waals surface area (Å²) in [7, 11) is 0. The Morgan fingerprint density at radius 3 is 2.71 bits per heavy atom. The van der Waals surface area contributed by atoms with Crippen LogP contribution >= 0.6 is 0 Å². The number of fused-ring (bicyclic) bond motifs is 1. The van der Waals surface area contributed by atoms with Crippen LogP contribution in [0.1, 0.15) is 10.4 Å². The molecule has 0 radical (unpaired) electrons. The summed E-state index contributed by atoms with van der Waals surface area (Å²) in [5, 5.41) is 8.71. The minimum atomic E-state index is -1.20. The molecule has 1 N–H and O–H groups in total. The summed E-state index contributed by atoms with van der Waals surface area (Å²) in [5.74, 6) is -1.20. The second kappa shape index (κ2) is 2.99. The van der Waals surface area contributed by atoms with E-state index < -0.39 is 11.5 Å². The molecule has 0 atom stereocenters. The van der Waals surface area contributed by atoms with Crippen molar-refractivity contribution in [2.45, 2.75) is 0 Å². The SMILES string of the molecule is O=C(O)c1ccc2ccccn2c1=O. The number of nitrogens with zero attached hydrogens (tertiary/aromatic N) is 1. The Morgan fingerprint density at radius 2 is 2.00 bits per heavy atom. The van der Waals surface area contributed by atoms with Crippen molar-refractivity contribution in [3.8, 4) is 0 Å². The summed E-state index contributed by atoms with van der Waals surface area (Å²) in [6.07, 6.45) is 1.55. The lowest BCUT2D eigenvalue weighted by Gasteiger charge is -2.00. The molecule has 70 valence electrons. The van der Waals surface area contributed by atoms with Gasteiger partial charge in [0.25, 0.3) is 5.56 Å². The molecule has 0 spiro atoms. The highest BCUT2D eigenvalue weighted by Crippen LogP contribution is 2.01. The van der Waals surface area contributed by atoms with Gasteiger partial charge < -0.3 is 5.11 Å². The number of aromatic carboxylic acids is 1. The van der Waals surface area contributed by atoms with Gasteiger partial charge in [0.05, 0.1) is 0 Å². The van der Waals surface area contributed by atoms with E-state index in [9.17, 15) is 9.59 Å².